The first-order chi connectivity index (χ1) is 15.0. The van der Waals surface area contributed by atoms with E-state index in [9.17, 15) is 26.4 Å². The Balaban J connectivity index is 1.60. The van der Waals surface area contributed by atoms with Crippen molar-refractivity contribution < 1.29 is 26.4 Å². The van der Waals surface area contributed by atoms with Crippen molar-refractivity contribution in [2.45, 2.75) is 28.3 Å². The molecule has 0 spiro atoms. The van der Waals surface area contributed by atoms with E-state index in [-0.39, 0.29) is 15.9 Å². The quantitative estimate of drug-likeness (QED) is 0.491. The van der Waals surface area contributed by atoms with E-state index in [1.165, 1.54) is 42.7 Å². The first-order valence-electron chi connectivity index (χ1n) is 8.95. The van der Waals surface area contributed by atoms with Gasteiger partial charge in [0.05, 0.1) is 20.7 Å². The van der Waals surface area contributed by atoms with E-state index in [0.29, 0.717) is 11.9 Å². The number of carbonyl (C=O) groups is 1. The van der Waals surface area contributed by atoms with Crippen molar-refractivity contribution in [2.24, 2.45) is 0 Å². The summed E-state index contributed by atoms with van der Waals surface area (Å²) in [4.78, 5) is 23.6. The number of thioether (sulfide) groups is 1. The summed E-state index contributed by atoms with van der Waals surface area (Å²) in [5.41, 5.74) is -0.528. The standard InChI is InChI=1S/C19H16F3N5O3S2/c1-12(31-16-8-3-13(11-25-16)19(20,21)22)17(28)26-14-4-6-15(7-5-14)32(29,30)27-18-23-9-2-10-24-18/h2-12H,1H3,(H,26,28)(H,23,24,27). The maximum Gasteiger partial charge on any atom is 0.417 e. The average molecular weight is 483 g/mol. The lowest BCUT2D eigenvalue weighted by Gasteiger charge is -2.13. The second-order valence-corrected chi connectivity index (χ2v) is 9.38. The lowest BCUT2D eigenvalue weighted by Crippen LogP contribution is -2.22. The van der Waals surface area contributed by atoms with Crippen LogP contribution in [0, 0.1) is 0 Å². The molecular formula is C19H16F3N5O3S2. The van der Waals surface area contributed by atoms with Crippen LogP contribution in [-0.4, -0.2) is 34.5 Å². The molecule has 0 aliphatic heterocycles. The largest absolute Gasteiger partial charge is 0.417 e. The molecule has 1 amide bonds. The molecule has 2 heterocycles. The number of hydrogen-bond donors (Lipinski definition) is 2. The number of amides is 1. The first-order valence-corrected chi connectivity index (χ1v) is 11.3. The minimum Gasteiger partial charge on any atom is -0.325 e. The number of anilines is 2. The number of nitrogens with zero attached hydrogens (tertiary/aromatic N) is 3. The van der Waals surface area contributed by atoms with Crippen LogP contribution in [0.25, 0.3) is 0 Å². The molecule has 0 fully saturated rings. The van der Waals surface area contributed by atoms with Gasteiger partial charge in [-0.2, -0.15) is 13.2 Å². The van der Waals surface area contributed by atoms with E-state index in [2.05, 4.69) is 25.0 Å². The van der Waals surface area contributed by atoms with Crippen molar-refractivity contribution in [1.29, 1.82) is 0 Å². The van der Waals surface area contributed by atoms with Crippen molar-refractivity contribution in [2.75, 3.05) is 10.0 Å². The highest BCUT2D eigenvalue weighted by atomic mass is 32.2. The Hall–Kier alpha value is -3.19. The number of halogens is 3. The fraction of sp³-hybridized carbons (Fsp3) is 0.158. The van der Waals surface area contributed by atoms with Gasteiger partial charge in [0.25, 0.3) is 10.0 Å². The van der Waals surface area contributed by atoms with Crippen LogP contribution in [0.15, 0.2) is 71.0 Å². The SMILES string of the molecule is CC(Sc1ccc(C(F)(F)F)cn1)C(=O)Nc1ccc(S(=O)(=O)Nc2ncccn2)cc1. The minimum atomic E-state index is -4.48. The highest BCUT2D eigenvalue weighted by Gasteiger charge is 2.30. The number of nitrogens with one attached hydrogen (secondary N) is 2. The third-order valence-electron chi connectivity index (χ3n) is 3.95. The van der Waals surface area contributed by atoms with Crippen LogP contribution in [0.1, 0.15) is 12.5 Å². The molecule has 0 saturated carbocycles. The lowest BCUT2D eigenvalue weighted by molar-refractivity contribution is -0.137. The maximum absolute atomic E-state index is 12.6. The van der Waals surface area contributed by atoms with Crippen molar-refractivity contribution >= 4 is 39.3 Å². The average Bonchev–Trinajstić information content (AvgIpc) is 2.74. The zero-order valence-corrected chi connectivity index (χ0v) is 18.0. The van der Waals surface area contributed by atoms with Crippen molar-refractivity contribution in [3.63, 3.8) is 0 Å². The van der Waals surface area contributed by atoms with E-state index in [0.717, 1.165) is 17.8 Å². The highest BCUT2D eigenvalue weighted by molar-refractivity contribution is 8.00. The second-order valence-electron chi connectivity index (χ2n) is 6.33. The predicted molar refractivity (Wildman–Crippen MR) is 112 cm³/mol. The molecule has 2 N–H and O–H groups in total. The Morgan fingerprint density at radius 1 is 1.03 bits per heavy atom. The summed E-state index contributed by atoms with van der Waals surface area (Å²) in [5.74, 6) is -0.504. The molecule has 1 aromatic carbocycles. The zero-order chi connectivity index (χ0) is 23.4. The fourth-order valence-electron chi connectivity index (χ4n) is 2.34. The van der Waals surface area contributed by atoms with Gasteiger partial charge in [-0.05, 0) is 49.4 Å². The van der Waals surface area contributed by atoms with E-state index in [1.807, 2.05) is 0 Å². The Bertz CT molecular complexity index is 1170. The van der Waals surface area contributed by atoms with E-state index >= 15 is 0 Å². The van der Waals surface area contributed by atoms with Gasteiger partial charge in [-0.1, -0.05) is 11.8 Å². The summed E-state index contributed by atoms with van der Waals surface area (Å²) in [7, 11) is -3.91. The molecule has 3 aromatic rings. The summed E-state index contributed by atoms with van der Waals surface area (Å²) in [6.45, 7) is 1.57. The smallest absolute Gasteiger partial charge is 0.325 e. The van der Waals surface area contributed by atoms with Gasteiger partial charge in [0, 0.05) is 24.3 Å². The Morgan fingerprint density at radius 3 is 2.25 bits per heavy atom. The fourth-order valence-corrected chi connectivity index (χ4v) is 4.09. The first kappa shape index (κ1) is 23.5. The van der Waals surface area contributed by atoms with E-state index in [4.69, 9.17) is 0 Å². The molecule has 8 nitrogen and oxygen atoms in total. The molecule has 0 saturated heterocycles. The summed E-state index contributed by atoms with van der Waals surface area (Å²) in [6.07, 6.45) is -0.991. The molecular weight excluding hydrogens is 467 g/mol. The number of sulfonamides is 1. The van der Waals surface area contributed by atoms with Crippen LogP contribution < -0.4 is 10.0 Å². The van der Waals surface area contributed by atoms with E-state index in [1.54, 1.807) is 13.0 Å². The van der Waals surface area contributed by atoms with Gasteiger partial charge in [0.15, 0.2) is 0 Å². The summed E-state index contributed by atoms with van der Waals surface area (Å²) in [5, 5.41) is 2.21. The number of pyridine rings is 1. The minimum absolute atomic E-state index is 0.0562. The van der Waals surface area contributed by atoms with Crippen LogP contribution in [0.4, 0.5) is 24.8 Å². The second kappa shape index (κ2) is 9.53. The van der Waals surface area contributed by atoms with Gasteiger partial charge in [-0.15, -0.1) is 0 Å². The molecule has 1 atom stereocenters. The monoisotopic (exact) mass is 483 g/mol. The topological polar surface area (TPSA) is 114 Å². The lowest BCUT2D eigenvalue weighted by atomic mass is 10.3. The molecule has 0 radical (unpaired) electrons. The molecule has 0 aliphatic carbocycles. The van der Waals surface area contributed by atoms with Gasteiger partial charge in [0.1, 0.15) is 0 Å². The number of rotatable bonds is 7. The van der Waals surface area contributed by atoms with Gasteiger partial charge in [-0.25, -0.2) is 28.1 Å². The van der Waals surface area contributed by atoms with Crippen LogP contribution in [0.5, 0.6) is 0 Å². The van der Waals surface area contributed by atoms with Crippen LogP contribution in [-0.2, 0) is 21.0 Å². The number of benzene rings is 1. The third kappa shape index (κ3) is 6.17. The number of carbonyl (C=O) groups excluding carboxylic acids is 1. The molecule has 168 valence electrons. The Kier molecular flexibility index (Phi) is 6.99. The molecule has 3 rings (SSSR count). The highest BCUT2D eigenvalue weighted by Crippen LogP contribution is 2.30. The van der Waals surface area contributed by atoms with Gasteiger partial charge in [0.2, 0.25) is 11.9 Å². The third-order valence-corrected chi connectivity index (χ3v) is 6.35. The van der Waals surface area contributed by atoms with Crippen LogP contribution >= 0.6 is 11.8 Å². The molecule has 1 unspecified atom stereocenters. The van der Waals surface area contributed by atoms with Crippen molar-refractivity contribution in [3.8, 4) is 0 Å². The number of aromatic nitrogens is 3. The summed E-state index contributed by atoms with van der Waals surface area (Å²) < 4.78 is 64.8. The summed E-state index contributed by atoms with van der Waals surface area (Å²) in [6, 6.07) is 9.06. The Labute approximate surface area is 185 Å². The van der Waals surface area contributed by atoms with Gasteiger partial charge < -0.3 is 5.32 Å². The van der Waals surface area contributed by atoms with Crippen LogP contribution in [0.2, 0.25) is 0 Å². The molecule has 13 heteroatoms. The normalized spacial score (nSPS) is 12.8. The van der Waals surface area contributed by atoms with E-state index < -0.39 is 32.9 Å². The number of alkyl halides is 3. The number of hydrogen-bond acceptors (Lipinski definition) is 7. The zero-order valence-electron chi connectivity index (χ0n) is 16.4. The Morgan fingerprint density at radius 2 is 1.69 bits per heavy atom. The van der Waals surface area contributed by atoms with Gasteiger partial charge >= 0.3 is 6.18 Å². The van der Waals surface area contributed by atoms with Crippen molar-refractivity contribution in [1.82, 2.24) is 15.0 Å². The predicted octanol–water partition coefficient (Wildman–Crippen LogP) is 3.81. The van der Waals surface area contributed by atoms with Gasteiger partial charge in [-0.3, -0.25) is 4.79 Å². The summed E-state index contributed by atoms with van der Waals surface area (Å²) >= 11 is 0.989. The molecule has 0 bridgehead atoms. The molecule has 0 aliphatic rings. The molecule has 32 heavy (non-hydrogen) atoms. The van der Waals surface area contributed by atoms with Crippen LogP contribution in [0.3, 0.4) is 0 Å². The van der Waals surface area contributed by atoms with Crippen molar-refractivity contribution in [3.05, 3.63) is 66.6 Å². The molecule has 2 aromatic heterocycles. The maximum atomic E-state index is 12.6.